The first kappa shape index (κ1) is 16.3. The van der Waals surface area contributed by atoms with Gasteiger partial charge in [-0.15, -0.1) is 0 Å². The molecule has 3 atom stereocenters. The number of hydrogen-bond acceptors (Lipinski definition) is 3. The number of hydrogen-bond donors (Lipinski definition) is 2. The van der Waals surface area contributed by atoms with E-state index < -0.39 is 0 Å². The lowest BCUT2D eigenvalue weighted by molar-refractivity contribution is -0.146. The van der Waals surface area contributed by atoms with Gasteiger partial charge in [-0.25, -0.2) is 0 Å². The van der Waals surface area contributed by atoms with Crippen LogP contribution >= 0.6 is 0 Å². The smallest absolute Gasteiger partial charge is 0.226 e. The van der Waals surface area contributed by atoms with Crippen LogP contribution in [-0.4, -0.2) is 35.8 Å². The van der Waals surface area contributed by atoms with E-state index in [1.54, 1.807) is 0 Å². The number of rotatable bonds is 2. The number of nitrogens with two attached hydrogens (primary N) is 2. The molecule has 0 aromatic heterocycles. The molecule has 1 aliphatic heterocycles. The van der Waals surface area contributed by atoms with Gasteiger partial charge >= 0.3 is 0 Å². The molecule has 1 aliphatic carbocycles. The second-order valence-electron chi connectivity index (χ2n) is 7.41. The third-order valence-corrected chi connectivity index (χ3v) is 6.01. The molecule has 3 unspecified atom stereocenters. The van der Waals surface area contributed by atoms with Gasteiger partial charge in [-0.1, -0.05) is 20.8 Å². The minimum atomic E-state index is -0.236. The van der Waals surface area contributed by atoms with Gasteiger partial charge in [0.05, 0.1) is 0 Å². The summed E-state index contributed by atoms with van der Waals surface area (Å²) in [6.07, 6.45) is 3.18. The average molecular weight is 295 g/mol. The quantitative estimate of drug-likeness (QED) is 0.799. The van der Waals surface area contributed by atoms with Gasteiger partial charge in [0.15, 0.2) is 0 Å². The lowest BCUT2D eigenvalue weighted by Gasteiger charge is -2.48. The van der Waals surface area contributed by atoms with Crippen molar-refractivity contribution >= 4 is 11.8 Å². The first-order valence-corrected chi connectivity index (χ1v) is 8.08. The highest BCUT2D eigenvalue weighted by Crippen LogP contribution is 2.45. The highest BCUT2D eigenvalue weighted by Gasteiger charge is 2.46. The Labute approximate surface area is 127 Å². The topological polar surface area (TPSA) is 89.4 Å². The van der Waals surface area contributed by atoms with E-state index in [0.717, 1.165) is 12.8 Å². The second kappa shape index (κ2) is 5.95. The molecule has 2 aliphatic rings. The van der Waals surface area contributed by atoms with Crippen LogP contribution in [-0.2, 0) is 9.59 Å². The number of likely N-dealkylation sites (tertiary alicyclic amines) is 1. The van der Waals surface area contributed by atoms with Crippen LogP contribution < -0.4 is 11.5 Å². The standard InChI is InChI=1S/C16H29N3O2/c1-10-13(17)5-4-12(16(10,2)3)15(21)19-8-6-11(7-9-19)14(18)20/h10-13H,4-9,17H2,1-3H3,(H2,18,20). The van der Waals surface area contributed by atoms with Crippen molar-refractivity contribution in [2.75, 3.05) is 13.1 Å². The summed E-state index contributed by atoms with van der Waals surface area (Å²) in [5, 5.41) is 0. The number of primary amides is 1. The molecule has 0 aromatic carbocycles. The molecule has 1 heterocycles. The molecule has 21 heavy (non-hydrogen) atoms. The van der Waals surface area contributed by atoms with Crippen LogP contribution in [0.15, 0.2) is 0 Å². The molecule has 0 radical (unpaired) electrons. The minimum absolute atomic E-state index is 0.0393. The Morgan fingerprint density at radius 2 is 1.67 bits per heavy atom. The molecule has 1 saturated carbocycles. The molecule has 0 aromatic rings. The Kier molecular flexibility index (Phi) is 4.61. The fourth-order valence-corrected chi connectivity index (χ4v) is 3.90. The average Bonchev–Trinajstić information content (AvgIpc) is 2.44. The van der Waals surface area contributed by atoms with Crippen molar-refractivity contribution in [3.8, 4) is 0 Å². The van der Waals surface area contributed by atoms with Crippen molar-refractivity contribution in [3.63, 3.8) is 0 Å². The maximum absolute atomic E-state index is 12.9. The van der Waals surface area contributed by atoms with Gasteiger partial charge in [0, 0.05) is 31.0 Å². The summed E-state index contributed by atoms with van der Waals surface area (Å²) >= 11 is 0. The van der Waals surface area contributed by atoms with Gasteiger partial charge in [-0.05, 0) is 37.0 Å². The molecule has 5 nitrogen and oxygen atoms in total. The first-order valence-electron chi connectivity index (χ1n) is 8.08. The van der Waals surface area contributed by atoms with Gasteiger partial charge in [0.2, 0.25) is 11.8 Å². The summed E-state index contributed by atoms with van der Waals surface area (Å²) in [5.74, 6) is 0.308. The third-order valence-electron chi connectivity index (χ3n) is 6.01. The largest absolute Gasteiger partial charge is 0.369 e. The Bertz CT molecular complexity index is 414. The Balaban J connectivity index is 2.02. The summed E-state index contributed by atoms with van der Waals surface area (Å²) < 4.78 is 0. The summed E-state index contributed by atoms with van der Waals surface area (Å²) in [5.41, 5.74) is 11.4. The van der Waals surface area contributed by atoms with E-state index >= 15 is 0 Å². The number of amides is 2. The fourth-order valence-electron chi connectivity index (χ4n) is 3.90. The third kappa shape index (κ3) is 3.07. The molecule has 5 heteroatoms. The number of carbonyl (C=O) groups is 2. The van der Waals surface area contributed by atoms with Crippen molar-refractivity contribution in [2.24, 2.45) is 34.6 Å². The molecule has 1 saturated heterocycles. The van der Waals surface area contributed by atoms with Gasteiger partial charge in [-0.2, -0.15) is 0 Å². The van der Waals surface area contributed by atoms with E-state index in [2.05, 4.69) is 20.8 Å². The molecule has 2 amide bonds. The Hall–Kier alpha value is -1.10. The SMILES string of the molecule is CC1C(N)CCC(C(=O)N2CCC(C(N)=O)CC2)C1(C)C. The van der Waals surface area contributed by atoms with E-state index in [9.17, 15) is 9.59 Å². The van der Waals surface area contributed by atoms with Crippen molar-refractivity contribution < 1.29 is 9.59 Å². The van der Waals surface area contributed by atoms with E-state index in [-0.39, 0.29) is 35.1 Å². The van der Waals surface area contributed by atoms with Crippen LogP contribution in [0.4, 0.5) is 0 Å². The zero-order valence-electron chi connectivity index (χ0n) is 13.5. The van der Waals surface area contributed by atoms with Gasteiger partial charge in [0.1, 0.15) is 0 Å². The molecular weight excluding hydrogens is 266 g/mol. The molecule has 120 valence electrons. The van der Waals surface area contributed by atoms with Crippen molar-refractivity contribution in [1.82, 2.24) is 4.90 Å². The summed E-state index contributed by atoms with van der Waals surface area (Å²) in [6.45, 7) is 7.78. The van der Waals surface area contributed by atoms with E-state index in [1.165, 1.54) is 0 Å². The van der Waals surface area contributed by atoms with Crippen molar-refractivity contribution in [3.05, 3.63) is 0 Å². The first-order chi connectivity index (χ1) is 9.75. The summed E-state index contributed by atoms with van der Waals surface area (Å²) in [6, 6.07) is 0.185. The Morgan fingerprint density at radius 3 is 2.19 bits per heavy atom. The van der Waals surface area contributed by atoms with Crippen molar-refractivity contribution in [1.29, 1.82) is 0 Å². The molecule has 2 rings (SSSR count). The van der Waals surface area contributed by atoms with Crippen LogP contribution in [0.25, 0.3) is 0 Å². The van der Waals surface area contributed by atoms with Crippen LogP contribution in [0.5, 0.6) is 0 Å². The number of carbonyl (C=O) groups excluding carboxylic acids is 2. The molecule has 0 spiro atoms. The second-order valence-corrected chi connectivity index (χ2v) is 7.41. The van der Waals surface area contributed by atoms with Gasteiger partial charge < -0.3 is 16.4 Å². The van der Waals surface area contributed by atoms with Crippen molar-refractivity contribution in [2.45, 2.75) is 52.5 Å². The number of nitrogens with zero attached hydrogens (tertiary/aromatic N) is 1. The lowest BCUT2D eigenvalue weighted by Crippen LogP contribution is -2.53. The van der Waals surface area contributed by atoms with Gasteiger partial charge in [0.25, 0.3) is 0 Å². The summed E-state index contributed by atoms with van der Waals surface area (Å²) in [7, 11) is 0. The Morgan fingerprint density at radius 1 is 1.10 bits per heavy atom. The maximum atomic E-state index is 12.9. The zero-order valence-corrected chi connectivity index (χ0v) is 13.5. The van der Waals surface area contributed by atoms with E-state index in [1.807, 2.05) is 4.90 Å². The van der Waals surface area contributed by atoms with Gasteiger partial charge in [-0.3, -0.25) is 9.59 Å². The monoisotopic (exact) mass is 295 g/mol. The lowest BCUT2D eigenvalue weighted by atomic mass is 9.60. The highest BCUT2D eigenvalue weighted by molar-refractivity contribution is 5.81. The predicted octanol–water partition coefficient (Wildman–Crippen LogP) is 1.11. The highest BCUT2D eigenvalue weighted by atomic mass is 16.2. The maximum Gasteiger partial charge on any atom is 0.226 e. The predicted molar refractivity (Wildman–Crippen MR) is 82.1 cm³/mol. The molecule has 2 fully saturated rings. The molecule has 4 N–H and O–H groups in total. The zero-order chi connectivity index (χ0) is 15.8. The van der Waals surface area contributed by atoms with Crippen LogP contribution in [0.2, 0.25) is 0 Å². The fraction of sp³-hybridized carbons (Fsp3) is 0.875. The van der Waals surface area contributed by atoms with Crippen LogP contribution in [0, 0.1) is 23.2 Å². The minimum Gasteiger partial charge on any atom is -0.369 e. The number of piperidine rings is 1. The molecule has 0 bridgehead atoms. The molecular formula is C16H29N3O2. The normalized spacial score (nSPS) is 33.7. The van der Waals surface area contributed by atoms with E-state index in [4.69, 9.17) is 11.5 Å². The summed E-state index contributed by atoms with van der Waals surface area (Å²) in [4.78, 5) is 26.0. The van der Waals surface area contributed by atoms with E-state index in [0.29, 0.717) is 31.8 Å². The van der Waals surface area contributed by atoms with Crippen LogP contribution in [0.3, 0.4) is 0 Å². The van der Waals surface area contributed by atoms with Crippen LogP contribution in [0.1, 0.15) is 46.5 Å².